The van der Waals surface area contributed by atoms with Crippen molar-refractivity contribution in [2.24, 2.45) is 11.8 Å². The fourth-order valence-electron chi connectivity index (χ4n) is 3.31. The van der Waals surface area contributed by atoms with E-state index in [0.717, 1.165) is 26.1 Å². The number of urea groups is 1. The average molecular weight is 267 g/mol. The van der Waals surface area contributed by atoms with Crippen molar-refractivity contribution in [2.45, 2.75) is 32.6 Å². The Bertz CT molecular complexity index is 300. The van der Waals surface area contributed by atoms with E-state index < -0.39 is 0 Å². The van der Waals surface area contributed by atoms with Gasteiger partial charge in [-0.3, -0.25) is 0 Å². The van der Waals surface area contributed by atoms with Gasteiger partial charge in [0, 0.05) is 26.7 Å². The van der Waals surface area contributed by atoms with Gasteiger partial charge in [0.25, 0.3) is 0 Å². The minimum absolute atomic E-state index is 0.241. The van der Waals surface area contributed by atoms with E-state index in [1.807, 2.05) is 16.8 Å². The van der Waals surface area contributed by atoms with Gasteiger partial charge in [0.1, 0.15) is 0 Å². The minimum Gasteiger partial charge on any atom is -0.327 e. The van der Waals surface area contributed by atoms with E-state index in [9.17, 15) is 4.79 Å². The third kappa shape index (κ3) is 4.10. The predicted molar refractivity (Wildman–Crippen MR) is 78.2 cm³/mol. The van der Waals surface area contributed by atoms with Gasteiger partial charge in [0.2, 0.25) is 0 Å². The van der Waals surface area contributed by atoms with E-state index in [1.54, 1.807) is 0 Å². The van der Waals surface area contributed by atoms with E-state index in [2.05, 4.69) is 18.9 Å². The van der Waals surface area contributed by atoms with Crippen LogP contribution in [0.25, 0.3) is 0 Å². The average Bonchev–Trinajstić information content (AvgIpc) is 2.40. The zero-order valence-electron chi connectivity index (χ0n) is 12.8. The number of hydrogen-bond acceptors (Lipinski definition) is 2. The molecule has 2 heterocycles. The highest BCUT2D eigenvalue weighted by Gasteiger charge is 2.26. The molecule has 4 heteroatoms. The molecular weight excluding hydrogens is 238 g/mol. The molecule has 0 aromatic carbocycles. The Morgan fingerprint density at radius 2 is 1.89 bits per heavy atom. The van der Waals surface area contributed by atoms with Crippen molar-refractivity contribution < 1.29 is 4.79 Å². The van der Waals surface area contributed by atoms with Crippen molar-refractivity contribution in [3.05, 3.63) is 0 Å². The van der Waals surface area contributed by atoms with Crippen LogP contribution in [0.1, 0.15) is 32.6 Å². The Kier molecular flexibility index (Phi) is 5.08. The van der Waals surface area contributed by atoms with Crippen molar-refractivity contribution in [2.75, 3.05) is 46.8 Å². The van der Waals surface area contributed by atoms with Crippen LogP contribution in [0.15, 0.2) is 0 Å². The first-order chi connectivity index (χ1) is 9.06. The van der Waals surface area contributed by atoms with Gasteiger partial charge in [0.05, 0.1) is 0 Å². The van der Waals surface area contributed by atoms with Gasteiger partial charge in [-0.2, -0.15) is 0 Å². The lowest BCUT2D eigenvalue weighted by Gasteiger charge is -2.36. The summed E-state index contributed by atoms with van der Waals surface area (Å²) in [6.07, 6.45) is 4.88. The highest BCUT2D eigenvalue weighted by molar-refractivity contribution is 5.74. The van der Waals surface area contributed by atoms with Gasteiger partial charge in [-0.1, -0.05) is 6.92 Å². The maximum Gasteiger partial charge on any atom is 0.319 e. The quantitative estimate of drug-likeness (QED) is 0.766. The second-order valence-electron chi connectivity index (χ2n) is 6.60. The molecule has 0 N–H and O–H groups in total. The molecule has 2 rings (SSSR count). The van der Waals surface area contributed by atoms with Gasteiger partial charge in [0.15, 0.2) is 0 Å². The maximum atomic E-state index is 12.4. The molecule has 0 saturated carbocycles. The van der Waals surface area contributed by atoms with Crippen molar-refractivity contribution in [3.63, 3.8) is 0 Å². The summed E-state index contributed by atoms with van der Waals surface area (Å²) in [6, 6.07) is 0.241. The number of rotatable bonds is 2. The molecule has 2 fully saturated rings. The third-order valence-electron chi connectivity index (χ3n) is 4.62. The topological polar surface area (TPSA) is 26.8 Å². The van der Waals surface area contributed by atoms with Crippen molar-refractivity contribution in [3.8, 4) is 0 Å². The van der Waals surface area contributed by atoms with Gasteiger partial charge in [-0.25, -0.2) is 4.79 Å². The molecule has 1 atom stereocenters. The van der Waals surface area contributed by atoms with E-state index in [0.29, 0.717) is 11.8 Å². The molecule has 2 aliphatic heterocycles. The second kappa shape index (κ2) is 6.60. The van der Waals surface area contributed by atoms with E-state index in [-0.39, 0.29) is 6.03 Å². The Labute approximate surface area is 117 Å². The summed E-state index contributed by atoms with van der Waals surface area (Å²) in [6.45, 7) is 7.41. The number of piperidine rings is 2. The highest BCUT2D eigenvalue weighted by atomic mass is 16.2. The lowest BCUT2D eigenvalue weighted by Crippen LogP contribution is -2.47. The summed E-state index contributed by atoms with van der Waals surface area (Å²) in [7, 11) is 4.15. The molecular formula is C15H29N3O. The zero-order chi connectivity index (χ0) is 13.8. The second-order valence-corrected chi connectivity index (χ2v) is 6.60. The minimum atomic E-state index is 0.241. The Morgan fingerprint density at radius 1 is 1.21 bits per heavy atom. The molecule has 0 spiro atoms. The first kappa shape index (κ1) is 14.6. The third-order valence-corrected chi connectivity index (χ3v) is 4.62. The first-order valence-corrected chi connectivity index (χ1v) is 7.75. The van der Waals surface area contributed by atoms with Crippen LogP contribution in [0, 0.1) is 11.8 Å². The van der Waals surface area contributed by atoms with Gasteiger partial charge >= 0.3 is 6.03 Å². The number of likely N-dealkylation sites (tertiary alicyclic amines) is 2. The number of carbonyl (C=O) groups excluding carboxylic acids is 1. The summed E-state index contributed by atoms with van der Waals surface area (Å²) >= 11 is 0. The lowest BCUT2D eigenvalue weighted by molar-refractivity contribution is 0.124. The molecule has 2 saturated heterocycles. The standard InChI is InChI=1S/C15H29N3O/c1-13-5-4-8-18(11-13)15(19)17(3)12-14-6-9-16(2)10-7-14/h13-14H,4-12H2,1-3H3. The number of carbonyl (C=O) groups is 1. The molecule has 2 amide bonds. The van der Waals surface area contributed by atoms with Crippen LogP contribution >= 0.6 is 0 Å². The summed E-state index contributed by atoms with van der Waals surface area (Å²) < 4.78 is 0. The van der Waals surface area contributed by atoms with Crippen LogP contribution in [0.3, 0.4) is 0 Å². The Morgan fingerprint density at radius 3 is 2.53 bits per heavy atom. The van der Waals surface area contributed by atoms with Crippen molar-refractivity contribution >= 4 is 6.03 Å². The van der Waals surface area contributed by atoms with E-state index in [1.165, 1.54) is 32.4 Å². The Hall–Kier alpha value is -0.770. The van der Waals surface area contributed by atoms with Gasteiger partial charge in [-0.15, -0.1) is 0 Å². The molecule has 1 unspecified atom stereocenters. The number of amides is 2. The van der Waals surface area contributed by atoms with E-state index >= 15 is 0 Å². The smallest absolute Gasteiger partial charge is 0.319 e. The van der Waals surface area contributed by atoms with Crippen LogP contribution in [0.4, 0.5) is 4.79 Å². The van der Waals surface area contributed by atoms with Gasteiger partial charge in [-0.05, 0) is 57.7 Å². The molecule has 2 aliphatic rings. The summed E-state index contributed by atoms with van der Waals surface area (Å²) in [5, 5.41) is 0. The fourth-order valence-corrected chi connectivity index (χ4v) is 3.31. The monoisotopic (exact) mass is 267 g/mol. The predicted octanol–water partition coefficient (Wildman–Crippen LogP) is 2.11. The molecule has 0 aromatic heterocycles. The van der Waals surface area contributed by atoms with Gasteiger partial charge < -0.3 is 14.7 Å². The molecule has 19 heavy (non-hydrogen) atoms. The Balaban J connectivity index is 1.78. The van der Waals surface area contributed by atoms with Crippen LogP contribution < -0.4 is 0 Å². The van der Waals surface area contributed by atoms with Crippen LogP contribution in [-0.4, -0.2) is 67.5 Å². The molecule has 0 bridgehead atoms. The fraction of sp³-hybridized carbons (Fsp3) is 0.933. The summed E-state index contributed by atoms with van der Waals surface area (Å²) in [5.74, 6) is 1.35. The summed E-state index contributed by atoms with van der Waals surface area (Å²) in [4.78, 5) is 18.8. The molecule has 0 aliphatic carbocycles. The van der Waals surface area contributed by atoms with Crippen LogP contribution in [0.2, 0.25) is 0 Å². The van der Waals surface area contributed by atoms with Crippen molar-refractivity contribution in [1.29, 1.82) is 0 Å². The van der Waals surface area contributed by atoms with Crippen molar-refractivity contribution in [1.82, 2.24) is 14.7 Å². The number of hydrogen-bond donors (Lipinski definition) is 0. The molecule has 0 radical (unpaired) electrons. The van der Waals surface area contributed by atoms with Crippen LogP contribution in [0.5, 0.6) is 0 Å². The summed E-state index contributed by atoms with van der Waals surface area (Å²) in [5.41, 5.74) is 0. The first-order valence-electron chi connectivity index (χ1n) is 7.75. The van der Waals surface area contributed by atoms with E-state index in [4.69, 9.17) is 0 Å². The van der Waals surface area contributed by atoms with Crippen LogP contribution in [-0.2, 0) is 0 Å². The maximum absolute atomic E-state index is 12.4. The SMILES string of the molecule is CC1CCCN(C(=O)N(C)CC2CCN(C)CC2)C1. The molecule has 110 valence electrons. The zero-order valence-corrected chi connectivity index (χ0v) is 12.8. The largest absolute Gasteiger partial charge is 0.327 e. The molecule has 4 nitrogen and oxygen atoms in total. The molecule has 0 aromatic rings. The normalized spacial score (nSPS) is 26.5. The lowest BCUT2D eigenvalue weighted by atomic mass is 9.96. The highest BCUT2D eigenvalue weighted by Crippen LogP contribution is 2.19. The number of nitrogens with zero attached hydrogens (tertiary/aromatic N) is 3.